The molecule has 48 heavy (non-hydrogen) atoms. The molecule has 0 heterocycles. The summed E-state index contributed by atoms with van der Waals surface area (Å²) < 4.78 is 58.3. The molecule has 5 aromatic carbocycles. The Hall–Kier alpha value is -4.44. The highest BCUT2D eigenvalue weighted by molar-refractivity contribution is 7.56. The van der Waals surface area contributed by atoms with Crippen LogP contribution in [0.1, 0.15) is 52.7 Å². The Morgan fingerprint density at radius 2 is 0.792 bits per heavy atom. The Morgan fingerprint density at radius 1 is 0.458 bits per heavy atom. The summed E-state index contributed by atoms with van der Waals surface area (Å²) in [6.07, 6.45) is 0. The summed E-state index contributed by atoms with van der Waals surface area (Å²) in [7, 11) is -7.41. The maximum absolute atomic E-state index is 14.4. The Balaban J connectivity index is 1.32. The average molecular weight is 685 g/mol. The van der Waals surface area contributed by atoms with E-state index in [1.54, 1.807) is 50.2 Å². The minimum Gasteiger partial charge on any atom is -0.473 e. The number of rotatable bonds is 14. The van der Waals surface area contributed by atoms with Crippen molar-refractivity contribution in [2.75, 3.05) is 0 Å². The van der Waals surface area contributed by atoms with Crippen LogP contribution in [-0.2, 0) is 14.5 Å². The molecule has 1 atom stereocenters. The monoisotopic (exact) mass is 684 g/mol. The van der Waals surface area contributed by atoms with Gasteiger partial charge in [0.05, 0.1) is 5.66 Å². The largest absolute Gasteiger partial charge is 0.473 e. The van der Waals surface area contributed by atoms with Crippen molar-refractivity contribution < 1.29 is 32.0 Å². The molecular weight excluding hydrogens is 642 g/mol. The highest BCUT2D eigenvalue weighted by Crippen LogP contribution is 2.59. The smallest absolute Gasteiger partial charge is 0.473 e. The van der Waals surface area contributed by atoms with Gasteiger partial charge in [-0.1, -0.05) is 92.7 Å². The lowest BCUT2D eigenvalue weighted by Gasteiger charge is -2.33. The van der Waals surface area contributed by atoms with Crippen molar-refractivity contribution in [1.29, 1.82) is 0 Å². The second kappa shape index (κ2) is 14.4. The van der Waals surface area contributed by atoms with E-state index in [0.717, 1.165) is 11.1 Å². The molecule has 0 fully saturated rings. The van der Waals surface area contributed by atoms with Crippen molar-refractivity contribution in [2.45, 2.75) is 58.0 Å². The van der Waals surface area contributed by atoms with Gasteiger partial charge in [-0.2, -0.15) is 0 Å². The first-order chi connectivity index (χ1) is 22.8. The first-order valence-corrected chi connectivity index (χ1v) is 19.0. The molecule has 0 N–H and O–H groups in total. The summed E-state index contributed by atoms with van der Waals surface area (Å²) >= 11 is 0. The third kappa shape index (κ3) is 8.16. The van der Waals surface area contributed by atoms with Gasteiger partial charge in [-0.25, -0.2) is 9.13 Å². The van der Waals surface area contributed by atoms with Gasteiger partial charge in [0, 0.05) is 5.41 Å². The van der Waals surface area contributed by atoms with Crippen LogP contribution in [0.15, 0.2) is 140 Å². The van der Waals surface area contributed by atoms with Crippen LogP contribution in [0.25, 0.3) is 0 Å². The highest BCUT2D eigenvalue weighted by Gasteiger charge is 2.49. The minimum atomic E-state index is -3.93. The van der Waals surface area contributed by atoms with Crippen LogP contribution in [0.3, 0.4) is 0 Å². The predicted octanol–water partition coefficient (Wildman–Crippen LogP) is 11.5. The van der Waals surface area contributed by atoms with Gasteiger partial charge in [0.1, 0.15) is 28.7 Å². The van der Waals surface area contributed by atoms with Crippen molar-refractivity contribution in [2.24, 2.45) is 0 Å². The third-order valence-electron chi connectivity index (χ3n) is 7.96. The standard InChI is InChI=1S/C39H42O7P2/c1-30(2)47(40,43-34-16-10-7-11-17-34)44-37-28-24-32(25-29-37)38(3,4)31-22-26-33(27-23-31)42-39(5,6)48(41,45-35-18-12-8-13-19-35)46-36-20-14-9-15-21-36/h7-30H,1-6H3. The summed E-state index contributed by atoms with van der Waals surface area (Å²) in [6, 6.07) is 42.2. The number of para-hydroxylation sites is 3. The molecule has 0 amide bonds. The Bertz CT molecular complexity index is 1810. The second-order valence-electron chi connectivity index (χ2n) is 12.7. The molecule has 0 aliphatic rings. The fourth-order valence-electron chi connectivity index (χ4n) is 4.87. The first-order valence-electron chi connectivity index (χ1n) is 15.8. The second-order valence-corrected chi connectivity index (χ2v) is 17.6. The van der Waals surface area contributed by atoms with Gasteiger partial charge in [-0.3, -0.25) is 0 Å². The number of hydrogen-bond acceptors (Lipinski definition) is 7. The molecule has 250 valence electrons. The van der Waals surface area contributed by atoms with Crippen molar-refractivity contribution >= 4 is 15.2 Å². The zero-order valence-electron chi connectivity index (χ0n) is 28.1. The minimum absolute atomic E-state index is 0.344. The van der Waals surface area contributed by atoms with Crippen molar-refractivity contribution in [3.8, 4) is 28.7 Å². The molecule has 0 spiro atoms. The van der Waals surface area contributed by atoms with E-state index in [2.05, 4.69) is 13.8 Å². The quantitative estimate of drug-likeness (QED) is 0.108. The molecule has 0 aliphatic heterocycles. The molecule has 1 unspecified atom stereocenters. The molecule has 0 bridgehead atoms. The summed E-state index contributed by atoms with van der Waals surface area (Å²) in [5, 5.41) is -1.36. The maximum atomic E-state index is 14.4. The molecule has 5 aromatic rings. The van der Waals surface area contributed by atoms with E-state index in [0.29, 0.717) is 28.7 Å². The van der Waals surface area contributed by atoms with Gasteiger partial charge < -0.3 is 22.8 Å². The molecule has 0 aromatic heterocycles. The topological polar surface area (TPSA) is 80.3 Å². The van der Waals surface area contributed by atoms with Crippen molar-refractivity contribution in [3.63, 3.8) is 0 Å². The zero-order valence-corrected chi connectivity index (χ0v) is 29.9. The van der Waals surface area contributed by atoms with E-state index in [9.17, 15) is 9.13 Å². The van der Waals surface area contributed by atoms with Crippen LogP contribution in [0.2, 0.25) is 0 Å². The molecule has 0 saturated heterocycles. The lowest BCUT2D eigenvalue weighted by atomic mass is 9.78. The zero-order chi connectivity index (χ0) is 34.4. The van der Waals surface area contributed by atoms with Gasteiger partial charge in [0.15, 0.2) is 0 Å². The summed E-state index contributed by atoms with van der Waals surface area (Å²) in [5.41, 5.74) is 1.33. The average Bonchev–Trinajstić information content (AvgIpc) is 3.06. The van der Waals surface area contributed by atoms with E-state index in [1.165, 1.54) is 0 Å². The highest BCUT2D eigenvalue weighted by atomic mass is 31.2. The molecule has 0 saturated carbocycles. The van der Waals surface area contributed by atoms with Gasteiger partial charge in [-0.05, 0) is 99.5 Å². The summed E-state index contributed by atoms with van der Waals surface area (Å²) in [6.45, 7) is 11.3. The van der Waals surface area contributed by atoms with Gasteiger partial charge >= 0.3 is 15.2 Å². The van der Waals surface area contributed by atoms with Crippen LogP contribution in [0.4, 0.5) is 0 Å². The summed E-state index contributed by atoms with van der Waals surface area (Å²) in [5.74, 6) is 2.31. The molecule has 9 heteroatoms. The van der Waals surface area contributed by atoms with Gasteiger partial charge in [0.2, 0.25) is 5.34 Å². The molecule has 0 radical (unpaired) electrons. The molecule has 7 nitrogen and oxygen atoms in total. The van der Waals surface area contributed by atoms with E-state index < -0.39 is 25.9 Å². The van der Waals surface area contributed by atoms with Crippen LogP contribution >= 0.6 is 15.2 Å². The Labute approximate surface area is 283 Å². The van der Waals surface area contributed by atoms with Crippen molar-refractivity contribution in [3.05, 3.63) is 151 Å². The molecule has 0 aliphatic carbocycles. The van der Waals surface area contributed by atoms with Gasteiger partial charge in [-0.15, -0.1) is 0 Å². The Kier molecular flexibility index (Phi) is 10.4. The van der Waals surface area contributed by atoms with Crippen LogP contribution in [0, 0.1) is 0 Å². The van der Waals surface area contributed by atoms with E-state index in [-0.39, 0.29) is 5.66 Å². The Morgan fingerprint density at radius 3 is 1.17 bits per heavy atom. The van der Waals surface area contributed by atoms with E-state index in [1.807, 2.05) is 117 Å². The lowest BCUT2D eigenvalue weighted by molar-refractivity contribution is 0.157. The number of benzene rings is 5. The summed E-state index contributed by atoms with van der Waals surface area (Å²) in [4.78, 5) is 0. The predicted molar refractivity (Wildman–Crippen MR) is 192 cm³/mol. The van der Waals surface area contributed by atoms with Crippen LogP contribution in [-0.4, -0.2) is 11.0 Å². The van der Waals surface area contributed by atoms with E-state index in [4.69, 9.17) is 22.8 Å². The van der Waals surface area contributed by atoms with Crippen molar-refractivity contribution in [1.82, 2.24) is 0 Å². The molecule has 5 rings (SSSR count). The third-order valence-corrected chi connectivity index (χ3v) is 12.5. The van der Waals surface area contributed by atoms with Crippen LogP contribution < -0.4 is 22.8 Å². The number of hydrogen-bond donors (Lipinski definition) is 0. The van der Waals surface area contributed by atoms with Crippen LogP contribution in [0.5, 0.6) is 28.7 Å². The fourth-order valence-corrected chi connectivity index (χ4v) is 7.65. The maximum Gasteiger partial charge on any atom is 0.473 e. The normalized spacial score (nSPS) is 13.3. The first kappa shape index (κ1) is 34.9. The molecular formula is C39H42O7P2. The van der Waals surface area contributed by atoms with Gasteiger partial charge in [0.25, 0.3) is 0 Å². The SMILES string of the molecule is CC(C)P(=O)(Oc1ccccc1)Oc1ccc(C(C)(C)c2ccc(OC(C)(C)P(=O)(Oc3ccccc3)Oc3ccccc3)cc2)cc1. The fraction of sp³-hybridized carbons (Fsp3) is 0.231. The lowest BCUT2D eigenvalue weighted by Crippen LogP contribution is -2.33. The van der Waals surface area contributed by atoms with E-state index >= 15 is 0 Å². The number of ether oxygens (including phenoxy) is 1.